The van der Waals surface area contributed by atoms with Crippen LogP contribution in [0.4, 0.5) is 0 Å². The summed E-state index contributed by atoms with van der Waals surface area (Å²) in [6.45, 7) is 2.06. The summed E-state index contributed by atoms with van der Waals surface area (Å²) in [6, 6.07) is 11.5. The van der Waals surface area contributed by atoms with Gasteiger partial charge in [-0.1, -0.05) is 24.3 Å². The molecule has 1 aromatic carbocycles. The van der Waals surface area contributed by atoms with Crippen molar-refractivity contribution in [2.45, 2.75) is 25.8 Å². The molecule has 0 fully saturated rings. The topological polar surface area (TPSA) is 29.9 Å². The first-order valence-corrected chi connectivity index (χ1v) is 6.93. The van der Waals surface area contributed by atoms with Crippen LogP contribution in [0.15, 0.2) is 30.3 Å². The summed E-state index contributed by atoms with van der Waals surface area (Å²) in [5.74, 6) is 0.622. The Morgan fingerprint density at radius 1 is 1.37 bits per heavy atom. The van der Waals surface area contributed by atoms with Crippen molar-refractivity contribution in [2.24, 2.45) is 13.0 Å². The molecule has 0 radical (unpaired) electrons. The Morgan fingerprint density at radius 2 is 2.16 bits per heavy atom. The van der Waals surface area contributed by atoms with Gasteiger partial charge in [0.1, 0.15) is 0 Å². The van der Waals surface area contributed by atoms with E-state index < -0.39 is 0 Å². The average Bonchev–Trinajstić information content (AvgIpc) is 2.89. The van der Waals surface area contributed by atoms with Crippen molar-refractivity contribution in [1.82, 2.24) is 15.1 Å². The molecule has 0 aliphatic heterocycles. The number of fused-ring (bicyclic) bond motifs is 1. The third-order valence-corrected chi connectivity index (χ3v) is 4.22. The lowest BCUT2D eigenvalue weighted by Gasteiger charge is -2.19. The smallest absolute Gasteiger partial charge is 0.0596 e. The summed E-state index contributed by atoms with van der Waals surface area (Å²) in [5, 5.41) is 7.94. The first kappa shape index (κ1) is 12.4. The van der Waals surface area contributed by atoms with Crippen LogP contribution in [0.5, 0.6) is 0 Å². The summed E-state index contributed by atoms with van der Waals surface area (Å²) >= 11 is 0. The van der Waals surface area contributed by atoms with Crippen molar-refractivity contribution in [3.05, 3.63) is 52.8 Å². The van der Waals surface area contributed by atoms with Crippen molar-refractivity contribution < 1.29 is 0 Å². The molecule has 0 spiro atoms. The fraction of sp³-hybridized carbons (Fsp3) is 0.438. The van der Waals surface area contributed by atoms with Crippen LogP contribution in [-0.2, 0) is 19.9 Å². The molecule has 1 aromatic heterocycles. The lowest BCUT2D eigenvalue weighted by Crippen LogP contribution is -2.23. The second-order valence-corrected chi connectivity index (χ2v) is 5.53. The fourth-order valence-electron chi connectivity index (χ4n) is 3.38. The van der Waals surface area contributed by atoms with E-state index in [-0.39, 0.29) is 0 Å². The molecule has 2 aromatic rings. The molecule has 0 saturated carbocycles. The molecule has 100 valence electrons. The second-order valence-electron chi connectivity index (χ2n) is 5.53. The van der Waals surface area contributed by atoms with Crippen molar-refractivity contribution in [3.8, 4) is 0 Å². The van der Waals surface area contributed by atoms with Crippen molar-refractivity contribution in [1.29, 1.82) is 0 Å². The molecule has 0 bridgehead atoms. The molecule has 3 nitrogen and oxygen atoms in total. The zero-order valence-electron chi connectivity index (χ0n) is 11.9. The van der Waals surface area contributed by atoms with Crippen LogP contribution in [0.3, 0.4) is 0 Å². The summed E-state index contributed by atoms with van der Waals surface area (Å²) in [4.78, 5) is 0. The van der Waals surface area contributed by atoms with E-state index in [1.807, 2.05) is 11.7 Å². The van der Waals surface area contributed by atoms with Gasteiger partial charge in [-0.15, -0.1) is 0 Å². The third kappa shape index (κ3) is 2.19. The number of rotatable bonds is 3. The number of hydrogen-bond acceptors (Lipinski definition) is 2. The minimum Gasteiger partial charge on any atom is -0.313 e. The van der Waals surface area contributed by atoms with Crippen LogP contribution >= 0.6 is 0 Å². The van der Waals surface area contributed by atoms with Crippen molar-refractivity contribution in [2.75, 3.05) is 7.05 Å². The van der Waals surface area contributed by atoms with E-state index in [4.69, 9.17) is 0 Å². The molecule has 1 aliphatic rings. The first-order valence-electron chi connectivity index (χ1n) is 6.93. The van der Waals surface area contributed by atoms with Crippen molar-refractivity contribution >= 4 is 0 Å². The first-order chi connectivity index (χ1) is 9.19. The predicted molar refractivity (Wildman–Crippen MR) is 77.1 cm³/mol. The highest BCUT2D eigenvalue weighted by Gasteiger charge is 2.31. The van der Waals surface area contributed by atoms with Crippen molar-refractivity contribution in [3.63, 3.8) is 0 Å². The molecule has 1 N–H and O–H groups in total. The van der Waals surface area contributed by atoms with Crippen LogP contribution in [0, 0.1) is 12.8 Å². The van der Waals surface area contributed by atoms with E-state index in [9.17, 15) is 0 Å². The lowest BCUT2D eigenvalue weighted by atomic mass is 9.95. The Labute approximate surface area is 114 Å². The minimum absolute atomic E-state index is 0.464. The Bertz CT molecular complexity index is 585. The van der Waals surface area contributed by atoms with Gasteiger partial charge in [0.15, 0.2) is 0 Å². The molecule has 2 unspecified atom stereocenters. The largest absolute Gasteiger partial charge is 0.313 e. The van der Waals surface area contributed by atoms with E-state index >= 15 is 0 Å². The van der Waals surface area contributed by atoms with Gasteiger partial charge < -0.3 is 5.32 Å². The Kier molecular flexibility index (Phi) is 3.15. The van der Waals surface area contributed by atoms with Gasteiger partial charge in [0.2, 0.25) is 0 Å². The molecule has 3 heteroatoms. The molecule has 0 amide bonds. The van der Waals surface area contributed by atoms with Crippen LogP contribution < -0.4 is 5.32 Å². The van der Waals surface area contributed by atoms with Gasteiger partial charge in [0.25, 0.3) is 0 Å². The predicted octanol–water partition coefficient (Wildman–Crippen LogP) is 2.40. The number of aromatic nitrogens is 2. The molecule has 1 aliphatic carbocycles. The number of benzene rings is 1. The molecular formula is C16H21N3. The van der Waals surface area contributed by atoms with Crippen LogP contribution in [0.1, 0.15) is 28.6 Å². The van der Waals surface area contributed by atoms with Gasteiger partial charge in [-0.2, -0.15) is 5.10 Å². The van der Waals surface area contributed by atoms with Crippen LogP contribution in [-0.4, -0.2) is 16.8 Å². The molecule has 3 rings (SSSR count). The highest BCUT2D eigenvalue weighted by molar-refractivity contribution is 5.36. The number of aryl methyl sites for hydroxylation is 2. The minimum atomic E-state index is 0.464. The number of nitrogens with zero attached hydrogens (tertiary/aromatic N) is 2. The van der Waals surface area contributed by atoms with Crippen LogP contribution in [0.2, 0.25) is 0 Å². The fourth-order valence-corrected chi connectivity index (χ4v) is 3.38. The maximum atomic E-state index is 4.45. The summed E-state index contributed by atoms with van der Waals surface area (Å²) < 4.78 is 2.02. The summed E-state index contributed by atoms with van der Waals surface area (Å²) in [5.41, 5.74) is 5.39. The molecule has 2 atom stereocenters. The SMILES string of the molecule is CNC1c2ccccc2CC1Cc1cc(C)nn1C. The molecular weight excluding hydrogens is 234 g/mol. The van der Waals surface area contributed by atoms with Crippen LogP contribution in [0.25, 0.3) is 0 Å². The van der Waals surface area contributed by atoms with Gasteiger partial charge >= 0.3 is 0 Å². The summed E-state index contributed by atoms with van der Waals surface area (Å²) in [6.07, 6.45) is 2.24. The lowest BCUT2D eigenvalue weighted by molar-refractivity contribution is 0.401. The average molecular weight is 255 g/mol. The molecule has 19 heavy (non-hydrogen) atoms. The Hall–Kier alpha value is -1.61. The second kappa shape index (κ2) is 4.82. The van der Waals surface area contributed by atoms with Gasteiger partial charge in [-0.05, 0) is 49.9 Å². The number of nitrogens with one attached hydrogen (secondary N) is 1. The highest BCUT2D eigenvalue weighted by Crippen LogP contribution is 2.37. The van der Waals surface area contributed by atoms with Gasteiger partial charge in [-0.3, -0.25) is 4.68 Å². The van der Waals surface area contributed by atoms with E-state index in [2.05, 4.69) is 54.7 Å². The monoisotopic (exact) mass is 255 g/mol. The third-order valence-electron chi connectivity index (χ3n) is 4.22. The maximum absolute atomic E-state index is 4.45. The number of hydrogen-bond donors (Lipinski definition) is 1. The van der Waals surface area contributed by atoms with Gasteiger partial charge in [0.05, 0.1) is 5.69 Å². The Morgan fingerprint density at radius 3 is 2.84 bits per heavy atom. The Balaban J connectivity index is 1.85. The highest BCUT2D eigenvalue weighted by atomic mass is 15.3. The van der Waals surface area contributed by atoms with E-state index in [0.29, 0.717) is 12.0 Å². The molecule has 0 saturated heterocycles. The summed E-state index contributed by atoms with van der Waals surface area (Å²) in [7, 11) is 4.10. The van der Waals surface area contributed by atoms with Gasteiger partial charge in [0, 0.05) is 18.8 Å². The van der Waals surface area contributed by atoms with E-state index in [1.54, 1.807) is 0 Å². The zero-order valence-corrected chi connectivity index (χ0v) is 11.9. The quantitative estimate of drug-likeness (QED) is 0.912. The zero-order chi connectivity index (χ0) is 13.4. The normalized spacial score (nSPS) is 21.6. The standard InChI is InChI=1S/C16H21N3/c1-11-8-14(19(3)18-11)10-13-9-12-6-4-5-7-15(12)16(13)17-2/h4-8,13,16-17H,9-10H2,1-3H3. The van der Waals surface area contributed by atoms with Gasteiger partial charge in [-0.25, -0.2) is 0 Å². The maximum Gasteiger partial charge on any atom is 0.0596 e. The van der Waals surface area contributed by atoms with E-state index in [0.717, 1.165) is 18.5 Å². The molecule has 1 heterocycles. The van der Waals surface area contributed by atoms with E-state index in [1.165, 1.54) is 16.8 Å².